The molecule has 0 fully saturated rings. The normalized spacial score (nSPS) is 12.7. The van der Waals surface area contributed by atoms with E-state index in [9.17, 15) is 27.5 Å². The largest absolute Gasteiger partial charge is 0.480 e. The van der Waals surface area contributed by atoms with Gasteiger partial charge in [0.05, 0.1) is 5.02 Å². The summed E-state index contributed by atoms with van der Waals surface area (Å²) in [5.41, 5.74) is 1.36. The molecule has 1 N–H and O–H groups in total. The average Bonchev–Trinajstić information content (AvgIpc) is 2.59. The third-order valence-electron chi connectivity index (χ3n) is 4.02. The van der Waals surface area contributed by atoms with Crippen LogP contribution in [0.3, 0.4) is 0 Å². The van der Waals surface area contributed by atoms with Gasteiger partial charge in [0.25, 0.3) is 0 Å². The number of rotatable bonds is 7. The number of aliphatic carboxylic acids is 1. The van der Waals surface area contributed by atoms with E-state index in [1.54, 1.807) is 19.1 Å². The van der Waals surface area contributed by atoms with Crippen molar-refractivity contribution in [3.63, 3.8) is 0 Å². The van der Waals surface area contributed by atoms with E-state index in [1.807, 2.05) is 0 Å². The number of carbonyl (C=O) groups is 1. The molecule has 2 aromatic carbocycles. The van der Waals surface area contributed by atoms with Crippen molar-refractivity contribution in [2.45, 2.75) is 32.0 Å². The molecule has 0 aliphatic heterocycles. The summed E-state index contributed by atoms with van der Waals surface area (Å²) in [6, 6.07) is 8.76. The van der Waals surface area contributed by atoms with Crippen molar-refractivity contribution < 1.29 is 27.5 Å². The molecule has 0 saturated carbocycles. The molecule has 0 heterocycles. The van der Waals surface area contributed by atoms with Crippen LogP contribution >= 0.6 is 11.6 Å². The molecular formula is C19H18ClF4NO2. The molecule has 2 rings (SSSR count). The molecule has 0 bridgehead atoms. The second kappa shape index (κ2) is 8.61. The molecule has 27 heavy (non-hydrogen) atoms. The lowest BCUT2D eigenvalue weighted by Crippen LogP contribution is -2.46. The number of nitrogens with zero attached hydrogens (tertiary/aromatic N) is 1. The highest BCUT2D eigenvalue weighted by Crippen LogP contribution is 2.30. The van der Waals surface area contributed by atoms with Crippen LogP contribution in [0.2, 0.25) is 5.02 Å². The summed E-state index contributed by atoms with van der Waals surface area (Å²) < 4.78 is 52.3. The highest BCUT2D eigenvalue weighted by molar-refractivity contribution is 6.31. The Kier molecular flexibility index (Phi) is 6.70. The molecule has 0 spiro atoms. The second-order valence-electron chi connectivity index (χ2n) is 6.06. The zero-order chi connectivity index (χ0) is 20.2. The zero-order valence-electron chi connectivity index (χ0n) is 14.4. The topological polar surface area (TPSA) is 40.5 Å². The summed E-state index contributed by atoms with van der Waals surface area (Å²) in [7, 11) is 0. The molecule has 0 unspecified atom stereocenters. The Balaban J connectivity index is 2.37. The van der Waals surface area contributed by atoms with Crippen molar-refractivity contribution >= 4 is 23.3 Å². The minimum atomic E-state index is -4.55. The number of anilines is 1. The van der Waals surface area contributed by atoms with E-state index in [2.05, 4.69) is 0 Å². The number of benzene rings is 2. The Morgan fingerprint density at radius 1 is 1.15 bits per heavy atom. The maximum absolute atomic E-state index is 13.3. The first-order valence-corrected chi connectivity index (χ1v) is 8.62. The quantitative estimate of drug-likeness (QED) is 0.597. The van der Waals surface area contributed by atoms with Gasteiger partial charge in [0.15, 0.2) is 0 Å². The fourth-order valence-corrected chi connectivity index (χ4v) is 2.96. The van der Waals surface area contributed by atoms with Crippen molar-refractivity contribution in [1.82, 2.24) is 0 Å². The van der Waals surface area contributed by atoms with Crippen LogP contribution in [-0.4, -0.2) is 29.8 Å². The van der Waals surface area contributed by atoms with Crippen LogP contribution in [0, 0.1) is 5.82 Å². The number of carboxylic acids is 1. The number of alkyl halides is 3. The van der Waals surface area contributed by atoms with Crippen LogP contribution in [0.5, 0.6) is 0 Å². The van der Waals surface area contributed by atoms with E-state index in [0.29, 0.717) is 17.5 Å². The van der Waals surface area contributed by atoms with Gasteiger partial charge in [-0.3, -0.25) is 0 Å². The van der Waals surface area contributed by atoms with E-state index < -0.39 is 30.5 Å². The first-order valence-electron chi connectivity index (χ1n) is 8.24. The monoisotopic (exact) mass is 403 g/mol. The number of halogens is 5. The standard InChI is InChI=1S/C19H18ClF4NO2/c1-2-3-17(18(26)27)25(11-19(22,23)24)14-7-4-12(5-8-14)13-6-9-16(21)15(20)10-13/h4-10,17H,2-3,11H2,1H3,(H,26,27)/t17-/m0/s1. The maximum Gasteiger partial charge on any atom is 0.405 e. The molecule has 0 aromatic heterocycles. The summed E-state index contributed by atoms with van der Waals surface area (Å²) in [4.78, 5) is 12.3. The number of hydrogen-bond acceptors (Lipinski definition) is 2. The van der Waals surface area contributed by atoms with Gasteiger partial charge in [-0.1, -0.05) is 43.1 Å². The lowest BCUT2D eigenvalue weighted by atomic mass is 10.0. The Labute approximate surface area is 159 Å². The van der Waals surface area contributed by atoms with Gasteiger partial charge < -0.3 is 10.0 Å². The molecular weight excluding hydrogens is 386 g/mol. The minimum Gasteiger partial charge on any atom is -0.480 e. The molecule has 2 aromatic rings. The molecule has 8 heteroatoms. The summed E-state index contributed by atoms with van der Waals surface area (Å²) in [5.74, 6) is -1.88. The Bertz CT molecular complexity index is 793. The average molecular weight is 404 g/mol. The molecule has 0 aliphatic rings. The van der Waals surface area contributed by atoms with Gasteiger partial charge in [0.2, 0.25) is 0 Å². The van der Waals surface area contributed by atoms with Gasteiger partial charge in [-0.05, 0) is 41.8 Å². The van der Waals surface area contributed by atoms with Crippen molar-refractivity contribution in [1.29, 1.82) is 0 Å². The van der Waals surface area contributed by atoms with Crippen molar-refractivity contribution in [3.8, 4) is 11.1 Å². The number of hydrogen-bond donors (Lipinski definition) is 1. The number of carboxylic acid groups (broad SMARTS) is 1. The lowest BCUT2D eigenvalue weighted by Gasteiger charge is -2.31. The molecule has 146 valence electrons. The molecule has 1 atom stereocenters. The van der Waals surface area contributed by atoms with Gasteiger partial charge in [0.1, 0.15) is 18.4 Å². The maximum atomic E-state index is 13.3. The first kappa shape index (κ1) is 21.0. The predicted octanol–water partition coefficient (Wildman–Crippen LogP) is 5.77. The van der Waals surface area contributed by atoms with Crippen molar-refractivity contribution in [2.24, 2.45) is 0 Å². The smallest absolute Gasteiger partial charge is 0.405 e. The van der Waals surface area contributed by atoms with Crippen molar-refractivity contribution in [2.75, 3.05) is 11.4 Å². The summed E-state index contributed by atoms with van der Waals surface area (Å²) >= 11 is 5.76. The van der Waals surface area contributed by atoms with Crippen LogP contribution < -0.4 is 4.90 Å². The lowest BCUT2D eigenvalue weighted by molar-refractivity contribution is -0.140. The first-order chi connectivity index (χ1) is 12.6. The van der Waals surface area contributed by atoms with Gasteiger partial charge in [0, 0.05) is 5.69 Å². The summed E-state index contributed by atoms with van der Waals surface area (Å²) in [6.45, 7) is 0.342. The van der Waals surface area contributed by atoms with E-state index in [-0.39, 0.29) is 17.1 Å². The third kappa shape index (κ3) is 5.60. The van der Waals surface area contributed by atoms with Crippen LogP contribution in [-0.2, 0) is 4.79 Å². The SMILES string of the molecule is CCC[C@@H](C(=O)O)N(CC(F)(F)F)c1ccc(-c2ccc(F)c(Cl)c2)cc1. The van der Waals surface area contributed by atoms with E-state index >= 15 is 0 Å². The molecule has 0 amide bonds. The Morgan fingerprint density at radius 2 is 1.74 bits per heavy atom. The Morgan fingerprint density at radius 3 is 2.22 bits per heavy atom. The Hall–Kier alpha value is -2.28. The highest BCUT2D eigenvalue weighted by atomic mass is 35.5. The second-order valence-corrected chi connectivity index (χ2v) is 6.47. The predicted molar refractivity (Wildman–Crippen MR) is 96.6 cm³/mol. The summed E-state index contributed by atoms with van der Waals surface area (Å²) in [5, 5.41) is 9.30. The fourth-order valence-electron chi connectivity index (χ4n) is 2.78. The van der Waals surface area contributed by atoms with E-state index in [0.717, 1.165) is 4.90 Å². The molecule has 0 aliphatic carbocycles. The molecule has 0 saturated heterocycles. The minimum absolute atomic E-state index is 0.0656. The van der Waals surface area contributed by atoms with E-state index in [4.69, 9.17) is 11.6 Å². The summed E-state index contributed by atoms with van der Waals surface area (Å²) in [6.07, 6.45) is -4.04. The highest BCUT2D eigenvalue weighted by Gasteiger charge is 2.36. The molecule has 0 radical (unpaired) electrons. The van der Waals surface area contributed by atoms with Crippen LogP contribution in [0.25, 0.3) is 11.1 Å². The van der Waals surface area contributed by atoms with Gasteiger partial charge >= 0.3 is 12.1 Å². The third-order valence-corrected chi connectivity index (χ3v) is 4.31. The fraction of sp³-hybridized carbons (Fsp3) is 0.316. The van der Waals surface area contributed by atoms with E-state index in [1.165, 1.54) is 30.3 Å². The van der Waals surface area contributed by atoms with Gasteiger partial charge in [-0.2, -0.15) is 13.2 Å². The van der Waals surface area contributed by atoms with Crippen LogP contribution in [0.4, 0.5) is 23.2 Å². The van der Waals surface area contributed by atoms with Crippen molar-refractivity contribution in [3.05, 3.63) is 53.3 Å². The zero-order valence-corrected chi connectivity index (χ0v) is 15.2. The van der Waals surface area contributed by atoms with Gasteiger partial charge in [-0.15, -0.1) is 0 Å². The van der Waals surface area contributed by atoms with Crippen LogP contribution in [0.15, 0.2) is 42.5 Å². The van der Waals surface area contributed by atoms with Crippen LogP contribution in [0.1, 0.15) is 19.8 Å². The van der Waals surface area contributed by atoms with Gasteiger partial charge in [-0.25, -0.2) is 9.18 Å². The molecule has 3 nitrogen and oxygen atoms in total.